The Morgan fingerprint density at radius 2 is 1.82 bits per heavy atom. The fourth-order valence-corrected chi connectivity index (χ4v) is 3.26. The van der Waals surface area contributed by atoms with E-state index in [2.05, 4.69) is 10.3 Å². The molecule has 3 rings (SSSR count). The minimum Gasteiger partial charge on any atom is -0.302 e. The van der Waals surface area contributed by atoms with Crippen LogP contribution in [0.25, 0.3) is 17.3 Å². The molecule has 0 saturated heterocycles. The van der Waals surface area contributed by atoms with Gasteiger partial charge in [0.15, 0.2) is 5.13 Å². The third-order valence-electron chi connectivity index (χ3n) is 3.98. The van der Waals surface area contributed by atoms with Gasteiger partial charge in [-0.15, -0.1) is 11.3 Å². The highest BCUT2D eigenvalue weighted by Gasteiger charge is 2.08. The predicted octanol–water partition coefficient (Wildman–Crippen LogP) is 3.90. The maximum Gasteiger partial charge on any atom is 0.267 e. The van der Waals surface area contributed by atoms with Gasteiger partial charge < -0.3 is 5.32 Å². The van der Waals surface area contributed by atoms with E-state index in [1.807, 2.05) is 60.0 Å². The maximum atomic E-state index is 12.1. The zero-order chi connectivity index (χ0) is 19.8. The number of hydrogen-bond donors (Lipinski definition) is 3. The van der Waals surface area contributed by atoms with Gasteiger partial charge in [0.25, 0.3) is 5.91 Å². The van der Waals surface area contributed by atoms with Crippen molar-refractivity contribution in [3.8, 4) is 11.3 Å². The van der Waals surface area contributed by atoms with Gasteiger partial charge in [0.05, 0.1) is 5.69 Å². The van der Waals surface area contributed by atoms with Crippen molar-refractivity contribution in [3.63, 3.8) is 0 Å². The van der Waals surface area contributed by atoms with Crippen LogP contribution >= 0.6 is 11.3 Å². The van der Waals surface area contributed by atoms with E-state index in [1.54, 1.807) is 11.6 Å². The van der Waals surface area contributed by atoms with Crippen LogP contribution in [0, 0.1) is 0 Å². The third kappa shape index (κ3) is 5.60. The highest BCUT2D eigenvalue weighted by atomic mass is 32.1. The van der Waals surface area contributed by atoms with Crippen molar-refractivity contribution in [1.82, 2.24) is 10.5 Å². The number of carbonyl (C=O) groups is 2. The highest BCUT2D eigenvalue weighted by molar-refractivity contribution is 7.14. The first-order valence-corrected chi connectivity index (χ1v) is 9.54. The van der Waals surface area contributed by atoms with E-state index in [9.17, 15) is 9.59 Å². The van der Waals surface area contributed by atoms with E-state index in [4.69, 9.17) is 5.21 Å². The van der Waals surface area contributed by atoms with Crippen LogP contribution < -0.4 is 10.8 Å². The van der Waals surface area contributed by atoms with Gasteiger partial charge in [-0.05, 0) is 23.6 Å². The molecule has 28 heavy (non-hydrogen) atoms. The smallest absolute Gasteiger partial charge is 0.267 e. The molecule has 2 aromatic carbocycles. The molecule has 1 aromatic heterocycles. The fraction of sp³-hybridized carbons (Fsp3) is 0.0952. The lowest BCUT2D eigenvalue weighted by Crippen LogP contribution is -2.14. The second kappa shape index (κ2) is 9.59. The zero-order valence-electron chi connectivity index (χ0n) is 15.0. The number of nitrogens with zero attached hydrogens (tertiary/aromatic N) is 1. The van der Waals surface area contributed by atoms with Gasteiger partial charge in [-0.1, -0.05) is 54.6 Å². The van der Waals surface area contributed by atoms with Crippen molar-refractivity contribution in [1.29, 1.82) is 0 Å². The summed E-state index contributed by atoms with van der Waals surface area (Å²) in [4.78, 5) is 27.6. The fourth-order valence-electron chi connectivity index (χ4n) is 2.52. The van der Waals surface area contributed by atoms with Crippen LogP contribution in [0.1, 0.15) is 17.5 Å². The Morgan fingerprint density at radius 3 is 2.54 bits per heavy atom. The number of rotatable bonds is 7. The van der Waals surface area contributed by atoms with Gasteiger partial charge in [-0.2, -0.15) is 0 Å². The molecule has 7 heteroatoms. The maximum absolute atomic E-state index is 12.1. The second-order valence-corrected chi connectivity index (χ2v) is 6.86. The third-order valence-corrected chi connectivity index (χ3v) is 4.74. The molecule has 0 atom stereocenters. The molecular formula is C21H19N3O3S. The number of aryl methyl sites for hydroxylation is 1. The van der Waals surface area contributed by atoms with E-state index in [1.165, 1.54) is 17.4 Å². The van der Waals surface area contributed by atoms with Crippen molar-refractivity contribution >= 4 is 34.4 Å². The molecule has 0 bridgehead atoms. The van der Waals surface area contributed by atoms with Gasteiger partial charge in [0.2, 0.25) is 5.91 Å². The summed E-state index contributed by atoms with van der Waals surface area (Å²) in [7, 11) is 0. The van der Waals surface area contributed by atoms with Gasteiger partial charge in [-0.25, -0.2) is 10.5 Å². The van der Waals surface area contributed by atoms with Crippen molar-refractivity contribution in [2.24, 2.45) is 0 Å². The molecule has 0 saturated carbocycles. The number of nitrogens with one attached hydrogen (secondary N) is 2. The topological polar surface area (TPSA) is 91.3 Å². The Balaban J connectivity index is 1.56. The molecule has 3 aromatic rings. The standard InChI is InChI=1S/C21H19N3O3S/c25-19(12-8-15-4-2-1-3-5-15)23-21-22-18(14-28-21)17-10-6-16(7-11-17)9-13-20(26)24-27/h1-7,9-11,13-14,27H,8,12H2,(H,24,26)(H,22,23,25). The molecule has 2 amide bonds. The molecule has 0 fully saturated rings. The summed E-state index contributed by atoms with van der Waals surface area (Å²) >= 11 is 1.38. The number of benzene rings is 2. The van der Waals surface area contributed by atoms with Gasteiger partial charge in [-0.3, -0.25) is 14.8 Å². The van der Waals surface area contributed by atoms with Crippen LogP contribution in [-0.4, -0.2) is 22.0 Å². The van der Waals surface area contributed by atoms with Crippen LogP contribution in [0.2, 0.25) is 0 Å². The molecule has 142 valence electrons. The number of aromatic nitrogens is 1. The largest absolute Gasteiger partial charge is 0.302 e. The number of hydrogen-bond acceptors (Lipinski definition) is 5. The Kier molecular flexibility index (Phi) is 6.67. The lowest BCUT2D eigenvalue weighted by Gasteiger charge is -2.02. The number of amides is 2. The van der Waals surface area contributed by atoms with Crippen molar-refractivity contribution in [3.05, 3.63) is 77.2 Å². The average molecular weight is 393 g/mol. The summed E-state index contributed by atoms with van der Waals surface area (Å²) in [5.41, 5.74) is 5.16. The van der Waals surface area contributed by atoms with Crippen LogP contribution in [-0.2, 0) is 16.0 Å². The predicted molar refractivity (Wildman–Crippen MR) is 110 cm³/mol. The summed E-state index contributed by atoms with van der Waals surface area (Å²) in [6, 6.07) is 17.3. The first-order chi connectivity index (χ1) is 13.6. The first kappa shape index (κ1) is 19.5. The normalized spacial score (nSPS) is 10.8. The second-order valence-electron chi connectivity index (χ2n) is 6.00. The number of thiazole rings is 1. The van der Waals surface area contributed by atoms with E-state index in [0.29, 0.717) is 18.0 Å². The Labute approximate surface area is 166 Å². The van der Waals surface area contributed by atoms with Crippen molar-refractivity contribution < 1.29 is 14.8 Å². The molecule has 3 N–H and O–H groups in total. The van der Waals surface area contributed by atoms with Crippen molar-refractivity contribution in [2.75, 3.05) is 5.32 Å². The van der Waals surface area contributed by atoms with Gasteiger partial charge >= 0.3 is 0 Å². The lowest BCUT2D eigenvalue weighted by atomic mass is 10.1. The van der Waals surface area contributed by atoms with Crippen LogP contribution in [0.5, 0.6) is 0 Å². The lowest BCUT2D eigenvalue weighted by molar-refractivity contribution is -0.124. The molecule has 0 aliphatic heterocycles. The van der Waals surface area contributed by atoms with Crippen LogP contribution in [0.4, 0.5) is 5.13 Å². The SMILES string of the molecule is O=C(C=Cc1ccc(-c2csc(NC(=O)CCc3ccccc3)n2)cc1)NO. The van der Waals surface area contributed by atoms with E-state index < -0.39 is 5.91 Å². The van der Waals surface area contributed by atoms with Crippen LogP contribution in [0.3, 0.4) is 0 Å². The average Bonchev–Trinajstić information content (AvgIpc) is 3.20. The molecule has 0 unspecified atom stereocenters. The summed E-state index contributed by atoms with van der Waals surface area (Å²) in [5.74, 6) is -0.649. The monoisotopic (exact) mass is 393 g/mol. The number of hydroxylamine groups is 1. The van der Waals surface area contributed by atoms with E-state index in [0.717, 1.165) is 22.4 Å². The summed E-state index contributed by atoms with van der Waals surface area (Å²) in [5, 5.41) is 13.8. The summed E-state index contributed by atoms with van der Waals surface area (Å²) < 4.78 is 0. The number of carbonyl (C=O) groups excluding carboxylic acids is 2. The highest BCUT2D eigenvalue weighted by Crippen LogP contribution is 2.25. The molecule has 0 radical (unpaired) electrons. The minimum atomic E-state index is -0.587. The molecular weight excluding hydrogens is 374 g/mol. The van der Waals surface area contributed by atoms with E-state index in [-0.39, 0.29) is 5.91 Å². The van der Waals surface area contributed by atoms with Crippen LogP contribution in [0.15, 0.2) is 66.1 Å². The molecule has 0 aliphatic rings. The van der Waals surface area contributed by atoms with Gasteiger partial charge in [0, 0.05) is 23.4 Å². The minimum absolute atomic E-state index is 0.0626. The van der Waals surface area contributed by atoms with E-state index >= 15 is 0 Å². The Hall–Kier alpha value is -3.29. The molecule has 0 aliphatic carbocycles. The molecule has 0 spiro atoms. The summed E-state index contributed by atoms with van der Waals surface area (Å²) in [6.07, 6.45) is 3.92. The van der Waals surface area contributed by atoms with Crippen molar-refractivity contribution in [2.45, 2.75) is 12.8 Å². The number of anilines is 1. The van der Waals surface area contributed by atoms with Gasteiger partial charge in [0.1, 0.15) is 0 Å². The summed E-state index contributed by atoms with van der Waals surface area (Å²) in [6.45, 7) is 0. The quantitative estimate of drug-likeness (QED) is 0.323. The Morgan fingerprint density at radius 1 is 1.07 bits per heavy atom. The molecule has 6 nitrogen and oxygen atoms in total. The first-order valence-electron chi connectivity index (χ1n) is 8.66. The Bertz CT molecular complexity index is 966. The molecule has 1 heterocycles. The zero-order valence-corrected chi connectivity index (χ0v) is 15.8.